The van der Waals surface area contributed by atoms with Crippen molar-refractivity contribution in [2.45, 2.75) is 26.7 Å². The van der Waals surface area contributed by atoms with Gasteiger partial charge in [-0.25, -0.2) is 0 Å². The fraction of sp³-hybridized carbons (Fsp3) is 0.571. The Morgan fingerprint density at radius 1 is 1.30 bits per heavy atom. The maximum absolute atomic E-state index is 5.53. The summed E-state index contributed by atoms with van der Waals surface area (Å²) in [6.45, 7) is 6.53. The van der Waals surface area contributed by atoms with Gasteiger partial charge in [-0.2, -0.15) is 0 Å². The second kappa shape index (κ2) is 7.52. The van der Waals surface area contributed by atoms with Crippen LogP contribution < -0.4 is 5.32 Å². The van der Waals surface area contributed by atoms with E-state index in [1.165, 1.54) is 0 Å². The molecule has 0 aliphatic carbocycles. The van der Waals surface area contributed by atoms with E-state index in [0.717, 1.165) is 59.6 Å². The smallest absolute Gasteiger partial charge is 0.151 e. The highest BCUT2D eigenvalue weighted by Gasteiger charge is 2.12. The average Bonchev–Trinajstić information content (AvgIpc) is 3.00. The van der Waals surface area contributed by atoms with E-state index in [1.54, 1.807) is 18.4 Å². The molecule has 0 saturated carbocycles. The Balaban J connectivity index is 1.82. The summed E-state index contributed by atoms with van der Waals surface area (Å²) < 4.78 is 10.5. The molecule has 0 saturated heterocycles. The van der Waals surface area contributed by atoms with Gasteiger partial charge in [-0.15, -0.1) is 10.2 Å². The largest absolute Gasteiger partial charge is 0.466 e. The number of aryl methyl sites for hydroxylation is 3. The van der Waals surface area contributed by atoms with Crippen LogP contribution in [0.15, 0.2) is 10.5 Å². The number of methoxy groups -OCH3 is 1. The molecular weight excluding hydrogens is 274 g/mol. The summed E-state index contributed by atoms with van der Waals surface area (Å²) in [6, 6.07) is 2.02. The number of hydrogen-bond donors (Lipinski definition) is 1. The molecule has 2 aromatic heterocycles. The van der Waals surface area contributed by atoms with E-state index >= 15 is 0 Å². The lowest BCUT2D eigenvalue weighted by molar-refractivity contribution is 0.199. The topological polar surface area (TPSA) is 60.2 Å². The summed E-state index contributed by atoms with van der Waals surface area (Å²) in [6.07, 6.45) is 2.01. The summed E-state index contributed by atoms with van der Waals surface area (Å²) in [5, 5.41) is 13.9. The van der Waals surface area contributed by atoms with Gasteiger partial charge in [0.05, 0.1) is 12.2 Å². The van der Waals surface area contributed by atoms with Gasteiger partial charge in [0.2, 0.25) is 0 Å². The van der Waals surface area contributed by atoms with Crippen molar-refractivity contribution in [1.29, 1.82) is 0 Å². The first-order valence-electron chi connectivity index (χ1n) is 6.80. The zero-order valence-electron chi connectivity index (χ0n) is 12.2. The average molecular weight is 295 g/mol. The Morgan fingerprint density at radius 2 is 2.15 bits per heavy atom. The molecule has 0 atom stereocenters. The molecule has 0 fully saturated rings. The quantitative estimate of drug-likeness (QED) is 0.759. The van der Waals surface area contributed by atoms with E-state index in [4.69, 9.17) is 9.15 Å². The van der Waals surface area contributed by atoms with Crippen molar-refractivity contribution in [2.75, 3.05) is 26.8 Å². The Labute approximate surface area is 123 Å². The molecule has 5 nitrogen and oxygen atoms in total. The van der Waals surface area contributed by atoms with E-state index < -0.39 is 0 Å². The summed E-state index contributed by atoms with van der Waals surface area (Å²) in [5.41, 5.74) is 1.06. The number of hydrogen-bond acceptors (Lipinski definition) is 6. The lowest BCUT2D eigenvalue weighted by atomic mass is 10.2. The van der Waals surface area contributed by atoms with Crippen molar-refractivity contribution in [3.63, 3.8) is 0 Å². The van der Waals surface area contributed by atoms with Crippen LogP contribution in [0.5, 0.6) is 0 Å². The van der Waals surface area contributed by atoms with Gasteiger partial charge < -0.3 is 14.5 Å². The number of nitrogens with one attached hydrogen (secondary N) is 1. The first kappa shape index (κ1) is 15.2. The molecule has 0 aliphatic rings. The van der Waals surface area contributed by atoms with Crippen LogP contribution >= 0.6 is 11.3 Å². The molecule has 0 amide bonds. The van der Waals surface area contributed by atoms with Gasteiger partial charge in [-0.05, 0) is 32.9 Å². The van der Waals surface area contributed by atoms with Crippen LogP contribution in [0.1, 0.15) is 22.9 Å². The highest BCUT2D eigenvalue weighted by molar-refractivity contribution is 7.14. The normalized spacial score (nSPS) is 11.2. The highest BCUT2D eigenvalue weighted by atomic mass is 32.1. The molecule has 0 spiro atoms. The standard InChI is InChI=1S/C14H21N3O2S/c1-10-9-12(11(2)19-10)14-17-16-13(20-14)5-4-6-15-7-8-18-3/h9,15H,4-8H2,1-3H3. The second-order valence-corrected chi connectivity index (χ2v) is 5.74. The van der Waals surface area contributed by atoms with Crippen LogP contribution in [0.4, 0.5) is 0 Å². The van der Waals surface area contributed by atoms with Crippen molar-refractivity contribution in [3.8, 4) is 10.6 Å². The number of aromatic nitrogens is 2. The third-order valence-electron chi connectivity index (χ3n) is 2.97. The summed E-state index contributed by atoms with van der Waals surface area (Å²) >= 11 is 1.65. The fourth-order valence-electron chi connectivity index (χ4n) is 1.97. The molecule has 1 N–H and O–H groups in total. The Morgan fingerprint density at radius 3 is 2.85 bits per heavy atom. The van der Waals surface area contributed by atoms with Crippen LogP contribution in [-0.2, 0) is 11.2 Å². The minimum absolute atomic E-state index is 0.752. The van der Waals surface area contributed by atoms with Crippen LogP contribution in [-0.4, -0.2) is 37.0 Å². The molecule has 0 unspecified atom stereocenters. The highest BCUT2D eigenvalue weighted by Crippen LogP contribution is 2.29. The molecule has 0 aliphatic heterocycles. The fourth-order valence-corrected chi connectivity index (χ4v) is 2.92. The van der Waals surface area contributed by atoms with Crippen molar-refractivity contribution in [2.24, 2.45) is 0 Å². The van der Waals surface area contributed by atoms with E-state index in [-0.39, 0.29) is 0 Å². The van der Waals surface area contributed by atoms with E-state index in [0.29, 0.717) is 0 Å². The van der Waals surface area contributed by atoms with Crippen molar-refractivity contribution in [3.05, 3.63) is 22.6 Å². The predicted octanol–water partition coefficient (Wildman–Crippen LogP) is 2.58. The summed E-state index contributed by atoms with van der Waals surface area (Å²) in [4.78, 5) is 0. The Kier molecular flexibility index (Phi) is 5.70. The molecule has 0 bridgehead atoms. The monoisotopic (exact) mass is 295 g/mol. The van der Waals surface area contributed by atoms with Crippen molar-refractivity contribution >= 4 is 11.3 Å². The number of furan rings is 1. The van der Waals surface area contributed by atoms with Gasteiger partial charge in [-0.3, -0.25) is 0 Å². The minimum atomic E-state index is 0.752. The van der Waals surface area contributed by atoms with E-state index in [2.05, 4.69) is 15.5 Å². The van der Waals surface area contributed by atoms with E-state index in [1.807, 2.05) is 19.9 Å². The molecular formula is C14H21N3O2S. The number of nitrogens with zero attached hydrogens (tertiary/aromatic N) is 2. The van der Waals surface area contributed by atoms with Crippen LogP contribution in [0.2, 0.25) is 0 Å². The molecule has 2 aromatic rings. The van der Waals surface area contributed by atoms with Gasteiger partial charge in [0.1, 0.15) is 16.5 Å². The lowest BCUT2D eigenvalue weighted by Gasteiger charge is -2.01. The van der Waals surface area contributed by atoms with Gasteiger partial charge in [0, 0.05) is 20.1 Å². The third-order valence-corrected chi connectivity index (χ3v) is 3.98. The molecule has 6 heteroatoms. The molecule has 0 aromatic carbocycles. The first-order valence-corrected chi connectivity index (χ1v) is 7.62. The van der Waals surface area contributed by atoms with Crippen LogP contribution in [0, 0.1) is 13.8 Å². The zero-order chi connectivity index (χ0) is 14.4. The SMILES string of the molecule is COCCNCCCc1nnc(-c2cc(C)oc2C)s1. The summed E-state index contributed by atoms with van der Waals surface area (Å²) in [5.74, 6) is 1.82. The van der Waals surface area contributed by atoms with E-state index in [9.17, 15) is 0 Å². The molecule has 2 rings (SSSR count). The summed E-state index contributed by atoms with van der Waals surface area (Å²) in [7, 11) is 1.71. The van der Waals surface area contributed by atoms with Gasteiger partial charge in [0.25, 0.3) is 0 Å². The number of rotatable bonds is 8. The van der Waals surface area contributed by atoms with Gasteiger partial charge in [0.15, 0.2) is 5.01 Å². The van der Waals surface area contributed by atoms with Gasteiger partial charge in [-0.1, -0.05) is 11.3 Å². The minimum Gasteiger partial charge on any atom is -0.466 e. The second-order valence-electron chi connectivity index (χ2n) is 4.67. The van der Waals surface area contributed by atoms with Crippen LogP contribution in [0.3, 0.4) is 0 Å². The lowest BCUT2D eigenvalue weighted by Crippen LogP contribution is -2.20. The maximum Gasteiger partial charge on any atom is 0.151 e. The Hall–Kier alpha value is -1.24. The van der Waals surface area contributed by atoms with Crippen molar-refractivity contribution in [1.82, 2.24) is 15.5 Å². The zero-order valence-corrected chi connectivity index (χ0v) is 13.0. The first-order chi connectivity index (χ1) is 9.70. The number of ether oxygens (including phenoxy) is 1. The molecule has 2 heterocycles. The molecule has 20 heavy (non-hydrogen) atoms. The predicted molar refractivity (Wildman–Crippen MR) is 80.2 cm³/mol. The molecule has 110 valence electrons. The molecule has 0 radical (unpaired) electrons. The Bertz CT molecular complexity index is 536. The van der Waals surface area contributed by atoms with Gasteiger partial charge >= 0.3 is 0 Å². The van der Waals surface area contributed by atoms with Crippen molar-refractivity contribution < 1.29 is 9.15 Å². The van der Waals surface area contributed by atoms with Crippen LogP contribution in [0.25, 0.3) is 10.6 Å². The maximum atomic E-state index is 5.53. The third kappa shape index (κ3) is 4.13.